The number of hydrogen-bond donors (Lipinski definition) is 1. The molecule has 16 heavy (non-hydrogen) atoms. The molecule has 6 nitrogen and oxygen atoms in total. The van der Waals surface area contributed by atoms with Crippen LogP contribution in [0, 0.1) is 0 Å². The van der Waals surface area contributed by atoms with E-state index in [4.69, 9.17) is 0 Å². The Labute approximate surface area is 91.3 Å². The highest BCUT2D eigenvalue weighted by Gasteiger charge is 2.34. The van der Waals surface area contributed by atoms with E-state index in [0.717, 1.165) is 4.90 Å². The van der Waals surface area contributed by atoms with Gasteiger partial charge in [0.25, 0.3) is 11.8 Å². The number of carbonyl (C=O) groups excluding carboxylic acids is 3. The van der Waals surface area contributed by atoms with Crippen LogP contribution in [0.1, 0.15) is 20.7 Å². The average Bonchev–Trinajstić information content (AvgIpc) is 2.55. The van der Waals surface area contributed by atoms with Crippen LogP contribution in [0.3, 0.4) is 0 Å². The summed E-state index contributed by atoms with van der Waals surface area (Å²) in [7, 11) is 0. The number of rotatable bonds is 4. The van der Waals surface area contributed by atoms with Gasteiger partial charge in [0.05, 0.1) is 11.1 Å². The maximum absolute atomic E-state index is 11.8. The third-order valence-corrected chi connectivity index (χ3v) is 2.34. The molecule has 0 bridgehead atoms. The summed E-state index contributed by atoms with van der Waals surface area (Å²) in [6, 6.07) is 1.52. The van der Waals surface area contributed by atoms with Crippen LogP contribution in [0.5, 0.6) is 0 Å². The van der Waals surface area contributed by atoms with Gasteiger partial charge in [0.2, 0.25) is 6.41 Å². The lowest BCUT2D eigenvalue weighted by molar-refractivity contribution is -0.109. The molecule has 1 aromatic heterocycles. The molecule has 0 radical (unpaired) electrons. The maximum Gasteiger partial charge on any atom is 0.263 e. The van der Waals surface area contributed by atoms with Crippen LogP contribution < -0.4 is 5.32 Å². The lowest BCUT2D eigenvalue weighted by Crippen LogP contribution is -2.35. The van der Waals surface area contributed by atoms with Crippen molar-refractivity contribution in [2.75, 3.05) is 13.1 Å². The Kier molecular flexibility index (Phi) is 2.63. The van der Waals surface area contributed by atoms with Gasteiger partial charge in [0.1, 0.15) is 0 Å². The molecule has 0 aliphatic carbocycles. The smallest absolute Gasteiger partial charge is 0.263 e. The molecule has 0 saturated heterocycles. The number of fused-ring (bicyclic) bond motifs is 1. The minimum atomic E-state index is -0.360. The molecule has 2 heterocycles. The van der Waals surface area contributed by atoms with E-state index >= 15 is 0 Å². The van der Waals surface area contributed by atoms with Crippen LogP contribution in [0.2, 0.25) is 0 Å². The van der Waals surface area contributed by atoms with Crippen molar-refractivity contribution in [2.24, 2.45) is 0 Å². The van der Waals surface area contributed by atoms with Crippen LogP contribution in [0.4, 0.5) is 0 Å². The molecule has 82 valence electrons. The van der Waals surface area contributed by atoms with Crippen molar-refractivity contribution >= 4 is 18.2 Å². The van der Waals surface area contributed by atoms with Crippen molar-refractivity contribution in [3.8, 4) is 0 Å². The van der Waals surface area contributed by atoms with E-state index in [1.165, 1.54) is 18.5 Å². The van der Waals surface area contributed by atoms with E-state index < -0.39 is 0 Å². The van der Waals surface area contributed by atoms with Gasteiger partial charge in [-0.25, -0.2) is 0 Å². The molecular weight excluding hydrogens is 210 g/mol. The van der Waals surface area contributed by atoms with Crippen molar-refractivity contribution in [3.05, 3.63) is 29.6 Å². The second-order valence-electron chi connectivity index (χ2n) is 3.26. The number of pyridine rings is 1. The third-order valence-electron chi connectivity index (χ3n) is 2.34. The minimum absolute atomic E-state index is 0.172. The third kappa shape index (κ3) is 1.54. The topological polar surface area (TPSA) is 79.4 Å². The highest BCUT2D eigenvalue weighted by molar-refractivity contribution is 6.21. The Morgan fingerprint density at radius 3 is 2.75 bits per heavy atom. The number of imide groups is 1. The zero-order chi connectivity index (χ0) is 11.5. The first-order valence-electron chi connectivity index (χ1n) is 4.73. The van der Waals surface area contributed by atoms with Crippen molar-refractivity contribution in [1.82, 2.24) is 15.2 Å². The van der Waals surface area contributed by atoms with Gasteiger partial charge in [-0.1, -0.05) is 0 Å². The summed E-state index contributed by atoms with van der Waals surface area (Å²) in [5.74, 6) is -0.698. The zero-order valence-corrected chi connectivity index (χ0v) is 8.34. The van der Waals surface area contributed by atoms with Crippen LogP contribution in [-0.2, 0) is 4.79 Å². The summed E-state index contributed by atoms with van der Waals surface area (Å²) in [5.41, 5.74) is 0.685. The quantitative estimate of drug-likeness (QED) is 0.417. The van der Waals surface area contributed by atoms with Gasteiger partial charge in [-0.15, -0.1) is 0 Å². The number of nitrogens with zero attached hydrogens (tertiary/aromatic N) is 2. The molecule has 1 aromatic rings. The summed E-state index contributed by atoms with van der Waals surface area (Å²) < 4.78 is 0. The predicted molar refractivity (Wildman–Crippen MR) is 53.7 cm³/mol. The maximum atomic E-state index is 11.8. The molecule has 0 atom stereocenters. The lowest BCUT2D eigenvalue weighted by Gasteiger charge is -2.12. The first kappa shape index (κ1) is 10.3. The van der Waals surface area contributed by atoms with E-state index in [-0.39, 0.29) is 24.9 Å². The van der Waals surface area contributed by atoms with E-state index in [9.17, 15) is 14.4 Å². The van der Waals surface area contributed by atoms with Crippen LogP contribution in [0.25, 0.3) is 0 Å². The minimum Gasteiger partial charge on any atom is -0.357 e. The summed E-state index contributed by atoms with van der Waals surface area (Å²) in [4.78, 5) is 38.5. The van der Waals surface area contributed by atoms with E-state index in [0.29, 0.717) is 17.5 Å². The molecule has 0 saturated carbocycles. The van der Waals surface area contributed by atoms with Gasteiger partial charge in [0, 0.05) is 25.5 Å². The van der Waals surface area contributed by atoms with E-state index in [1.54, 1.807) is 0 Å². The number of carbonyl (C=O) groups is 3. The monoisotopic (exact) mass is 219 g/mol. The molecule has 2 rings (SSSR count). The largest absolute Gasteiger partial charge is 0.357 e. The van der Waals surface area contributed by atoms with Gasteiger partial charge in [-0.05, 0) is 6.07 Å². The summed E-state index contributed by atoms with van der Waals surface area (Å²) in [6.07, 6.45) is 3.37. The molecule has 1 aliphatic rings. The second kappa shape index (κ2) is 4.09. The number of amides is 3. The first-order chi connectivity index (χ1) is 7.75. The Morgan fingerprint density at radius 1 is 1.31 bits per heavy atom. The molecule has 0 fully saturated rings. The van der Waals surface area contributed by atoms with Gasteiger partial charge < -0.3 is 5.32 Å². The van der Waals surface area contributed by atoms with Gasteiger partial charge in [-0.2, -0.15) is 0 Å². The van der Waals surface area contributed by atoms with Crippen molar-refractivity contribution in [2.45, 2.75) is 0 Å². The first-order valence-corrected chi connectivity index (χ1v) is 4.73. The highest BCUT2D eigenvalue weighted by atomic mass is 16.2. The Morgan fingerprint density at radius 2 is 2.06 bits per heavy atom. The molecule has 0 aromatic carbocycles. The van der Waals surface area contributed by atoms with E-state index in [2.05, 4.69) is 10.3 Å². The summed E-state index contributed by atoms with van der Waals surface area (Å²) in [6.45, 7) is 0.424. The lowest BCUT2D eigenvalue weighted by atomic mass is 10.2. The normalized spacial score (nSPS) is 13.9. The Balaban J connectivity index is 2.18. The fourth-order valence-electron chi connectivity index (χ4n) is 1.57. The van der Waals surface area contributed by atoms with Crippen LogP contribution in [-0.4, -0.2) is 41.2 Å². The standard InChI is InChI=1S/C10H9N3O3/c14-6-12-3-4-13-9(15)7-1-2-11-5-8(7)10(13)16/h1-2,5-6H,3-4H2,(H,12,14). The van der Waals surface area contributed by atoms with Gasteiger partial charge >= 0.3 is 0 Å². The average molecular weight is 219 g/mol. The fraction of sp³-hybridized carbons (Fsp3) is 0.200. The number of aromatic nitrogens is 1. The highest BCUT2D eigenvalue weighted by Crippen LogP contribution is 2.20. The zero-order valence-electron chi connectivity index (χ0n) is 8.34. The predicted octanol–water partition coefficient (Wildman–Crippen LogP) is -0.576. The molecule has 6 heteroatoms. The summed E-state index contributed by atoms with van der Waals surface area (Å²) >= 11 is 0. The molecular formula is C10H9N3O3. The van der Waals surface area contributed by atoms with Gasteiger partial charge in [0.15, 0.2) is 0 Å². The van der Waals surface area contributed by atoms with Gasteiger partial charge in [-0.3, -0.25) is 24.3 Å². The van der Waals surface area contributed by atoms with Crippen LogP contribution >= 0.6 is 0 Å². The molecule has 1 aliphatic heterocycles. The molecule has 1 N–H and O–H groups in total. The van der Waals surface area contributed by atoms with Crippen LogP contribution in [0.15, 0.2) is 18.5 Å². The fourth-order valence-corrected chi connectivity index (χ4v) is 1.57. The van der Waals surface area contributed by atoms with Crippen molar-refractivity contribution in [1.29, 1.82) is 0 Å². The molecule has 0 spiro atoms. The molecule has 3 amide bonds. The number of hydrogen-bond acceptors (Lipinski definition) is 4. The Hall–Kier alpha value is -2.24. The van der Waals surface area contributed by atoms with Crippen molar-refractivity contribution in [3.63, 3.8) is 0 Å². The molecule has 0 unspecified atom stereocenters. The summed E-state index contributed by atoms with van der Waals surface area (Å²) in [5, 5.41) is 2.40. The second-order valence-corrected chi connectivity index (χ2v) is 3.26. The SMILES string of the molecule is O=CNCCN1C(=O)c2ccncc2C1=O. The Bertz CT molecular complexity index is 423. The van der Waals surface area contributed by atoms with E-state index in [1.807, 2.05) is 0 Å². The number of nitrogens with one attached hydrogen (secondary N) is 1. The van der Waals surface area contributed by atoms with Crippen molar-refractivity contribution < 1.29 is 14.4 Å².